The third-order valence-electron chi connectivity index (χ3n) is 2.93. The zero-order chi connectivity index (χ0) is 13.8. The largest absolute Gasteiger partial charge is 0.351 e. The summed E-state index contributed by atoms with van der Waals surface area (Å²) in [7, 11) is 1.86. The molecule has 1 heterocycles. The van der Waals surface area contributed by atoms with Gasteiger partial charge in [-0.25, -0.2) is 4.98 Å². The molecule has 0 aliphatic carbocycles. The molecular formula is C14H16ClN3O. The van der Waals surface area contributed by atoms with Crippen molar-refractivity contribution in [2.24, 2.45) is 0 Å². The van der Waals surface area contributed by atoms with E-state index in [9.17, 15) is 4.79 Å². The van der Waals surface area contributed by atoms with E-state index in [1.54, 1.807) is 17.0 Å². The van der Waals surface area contributed by atoms with Crippen LogP contribution < -0.4 is 10.5 Å². The van der Waals surface area contributed by atoms with Crippen molar-refractivity contribution < 1.29 is 0 Å². The van der Waals surface area contributed by atoms with E-state index >= 15 is 0 Å². The summed E-state index contributed by atoms with van der Waals surface area (Å²) in [6.07, 6.45) is 3.35. The molecule has 0 aliphatic heterocycles. The van der Waals surface area contributed by atoms with Gasteiger partial charge in [-0.3, -0.25) is 4.79 Å². The Bertz CT molecular complexity index is 607. The number of hydrogen-bond donors (Lipinski definition) is 0. The Kier molecular flexibility index (Phi) is 4.22. The van der Waals surface area contributed by atoms with Crippen LogP contribution >= 0.6 is 11.6 Å². The minimum absolute atomic E-state index is 0.0681. The molecule has 0 amide bonds. The zero-order valence-electron chi connectivity index (χ0n) is 11.0. The lowest BCUT2D eigenvalue weighted by Crippen LogP contribution is -2.29. The van der Waals surface area contributed by atoms with Gasteiger partial charge in [0.2, 0.25) is 0 Å². The van der Waals surface area contributed by atoms with Crippen molar-refractivity contribution in [2.45, 2.75) is 20.0 Å². The number of benzene rings is 1. The highest BCUT2D eigenvalue weighted by molar-refractivity contribution is 6.30. The molecule has 100 valence electrons. The maximum absolute atomic E-state index is 12.1. The SMILES string of the molecule is CCn1ccnc(N(C)Cc2ccc(Cl)cc2)c1=O. The number of aryl methyl sites for hydroxylation is 1. The van der Waals surface area contributed by atoms with E-state index in [0.717, 1.165) is 5.56 Å². The molecule has 0 saturated heterocycles. The second-order valence-corrected chi connectivity index (χ2v) is 4.76. The summed E-state index contributed by atoms with van der Waals surface area (Å²) in [5.74, 6) is 0.458. The van der Waals surface area contributed by atoms with Crippen LogP contribution in [0.25, 0.3) is 0 Å². The first-order valence-electron chi connectivity index (χ1n) is 6.13. The maximum atomic E-state index is 12.1. The van der Waals surface area contributed by atoms with E-state index in [4.69, 9.17) is 11.6 Å². The van der Waals surface area contributed by atoms with Gasteiger partial charge in [-0.2, -0.15) is 0 Å². The molecule has 0 saturated carbocycles. The first-order chi connectivity index (χ1) is 9.11. The molecule has 0 N–H and O–H groups in total. The summed E-state index contributed by atoms with van der Waals surface area (Å²) in [4.78, 5) is 18.1. The summed E-state index contributed by atoms with van der Waals surface area (Å²) in [6.45, 7) is 3.20. The van der Waals surface area contributed by atoms with Crippen LogP contribution in [0.5, 0.6) is 0 Å². The molecule has 19 heavy (non-hydrogen) atoms. The minimum atomic E-state index is -0.0681. The van der Waals surface area contributed by atoms with Crippen LogP contribution in [0.4, 0.5) is 5.82 Å². The number of aromatic nitrogens is 2. The van der Waals surface area contributed by atoms with Crippen LogP contribution in [0, 0.1) is 0 Å². The normalized spacial score (nSPS) is 10.5. The van der Waals surface area contributed by atoms with E-state index in [0.29, 0.717) is 23.9 Å². The van der Waals surface area contributed by atoms with Crippen LogP contribution in [-0.4, -0.2) is 16.6 Å². The summed E-state index contributed by atoms with van der Waals surface area (Å²) in [5, 5.41) is 0.706. The predicted molar refractivity (Wildman–Crippen MR) is 77.7 cm³/mol. The molecule has 1 aromatic heterocycles. The Labute approximate surface area is 117 Å². The van der Waals surface area contributed by atoms with Crippen molar-refractivity contribution in [3.8, 4) is 0 Å². The van der Waals surface area contributed by atoms with Crippen molar-refractivity contribution in [1.82, 2.24) is 9.55 Å². The Morgan fingerprint density at radius 3 is 2.63 bits per heavy atom. The average Bonchev–Trinajstić information content (AvgIpc) is 2.41. The first-order valence-corrected chi connectivity index (χ1v) is 6.50. The molecular weight excluding hydrogens is 262 g/mol. The lowest BCUT2D eigenvalue weighted by Gasteiger charge is -2.18. The Morgan fingerprint density at radius 2 is 2.00 bits per heavy atom. The first kappa shape index (κ1) is 13.6. The van der Waals surface area contributed by atoms with Crippen molar-refractivity contribution in [1.29, 1.82) is 0 Å². The molecule has 0 bridgehead atoms. The zero-order valence-corrected chi connectivity index (χ0v) is 11.8. The molecule has 2 rings (SSSR count). The Hall–Kier alpha value is -1.81. The van der Waals surface area contributed by atoms with E-state index < -0.39 is 0 Å². The van der Waals surface area contributed by atoms with Gasteiger partial charge in [0.15, 0.2) is 5.82 Å². The number of halogens is 1. The lowest BCUT2D eigenvalue weighted by atomic mass is 10.2. The van der Waals surface area contributed by atoms with Gasteiger partial charge in [-0.1, -0.05) is 23.7 Å². The topological polar surface area (TPSA) is 38.1 Å². The molecule has 0 unspecified atom stereocenters. The van der Waals surface area contributed by atoms with Crippen molar-refractivity contribution in [3.05, 3.63) is 57.6 Å². The monoisotopic (exact) mass is 277 g/mol. The van der Waals surface area contributed by atoms with E-state index in [1.807, 2.05) is 43.1 Å². The molecule has 0 atom stereocenters. The summed E-state index contributed by atoms with van der Waals surface area (Å²) >= 11 is 5.85. The van der Waals surface area contributed by atoms with Crippen LogP contribution in [-0.2, 0) is 13.1 Å². The number of rotatable bonds is 4. The van der Waals surface area contributed by atoms with E-state index in [1.165, 1.54) is 0 Å². The van der Waals surface area contributed by atoms with Gasteiger partial charge in [0, 0.05) is 37.6 Å². The molecule has 5 heteroatoms. The lowest BCUT2D eigenvalue weighted by molar-refractivity contribution is 0.708. The van der Waals surface area contributed by atoms with Crippen LogP contribution in [0.3, 0.4) is 0 Å². The van der Waals surface area contributed by atoms with E-state index in [2.05, 4.69) is 4.98 Å². The fourth-order valence-corrected chi connectivity index (χ4v) is 2.01. The van der Waals surface area contributed by atoms with Gasteiger partial charge in [-0.05, 0) is 24.6 Å². The van der Waals surface area contributed by atoms with Crippen molar-refractivity contribution in [3.63, 3.8) is 0 Å². The molecule has 0 spiro atoms. The standard InChI is InChI=1S/C14H16ClN3O/c1-3-18-9-8-16-13(14(18)19)17(2)10-11-4-6-12(15)7-5-11/h4-9H,3,10H2,1-2H3. The van der Waals surface area contributed by atoms with Crippen LogP contribution in [0.2, 0.25) is 5.02 Å². The molecule has 0 radical (unpaired) electrons. The fourth-order valence-electron chi connectivity index (χ4n) is 1.89. The molecule has 2 aromatic rings. The summed E-state index contributed by atoms with van der Waals surface area (Å²) in [6, 6.07) is 7.57. The Balaban J connectivity index is 2.22. The van der Waals surface area contributed by atoms with Gasteiger partial charge in [0.1, 0.15) is 0 Å². The van der Waals surface area contributed by atoms with Crippen LogP contribution in [0.1, 0.15) is 12.5 Å². The fraction of sp³-hybridized carbons (Fsp3) is 0.286. The molecule has 0 fully saturated rings. The van der Waals surface area contributed by atoms with Crippen LogP contribution in [0.15, 0.2) is 41.5 Å². The highest BCUT2D eigenvalue weighted by Crippen LogP contribution is 2.12. The number of hydrogen-bond acceptors (Lipinski definition) is 3. The number of anilines is 1. The summed E-state index contributed by atoms with van der Waals surface area (Å²) < 4.78 is 1.64. The predicted octanol–water partition coefficient (Wildman–Crippen LogP) is 2.55. The maximum Gasteiger partial charge on any atom is 0.293 e. The van der Waals surface area contributed by atoms with Gasteiger partial charge in [0.25, 0.3) is 5.56 Å². The quantitative estimate of drug-likeness (QED) is 0.862. The second-order valence-electron chi connectivity index (χ2n) is 4.32. The summed E-state index contributed by atoms with van der Waals surface area (Å²) in [5.41, 5.74) is 1.02. The van der Waals surface area contributed by atoms with E-state index in [-0.39, 0.29) is 5.56 Å². The van der Waals surface area contributed by atoms with Gasteiger partial charge in [0.05, 0.1) is 0 Å². The van der Waals surface area contributed by atoms with Gasteiger partial charge < -0.3 is 9.47 Å². The molecule has 0 aliphatic rings. The number of nitrogens with zero attached hydrogens (tertiary/aromatic N) is 3. The highest BCUT2D eigenvalue weighted by Gasteiger charge is 2.09. The second kappa shape index (κ2) is 5.89. The van der Waals surface area contributed by atoms with Crippen molar-refractivity contribution >= 4 is 17.4 Å². The third-order valence-corrected chi connectivity index (χ3v) is 3.18. The smallest absolute Gasteiger partial charge is 0.293 e. The van der Waals surface area contributed by atoms with Crippen molar-refractivity contribution in [2.75, 3.05) is 11.9 Å². The third kappa shape index (κ3) is 3.15. The molecule has 4 nitrogen and oxygen atoms in total. The highest BCUT2D eigenvalue weighted by atomic mass is 35.5. The average molecular weight is 278 g/mol. The Morgan fingerprint density at radius 1 is 1.32 bits per heavy atom. The minimum Gasteiger partial charge on any atom is -0.351 e. The molecule has 1 aromatic carbocycles. The van der Waals surface area contributed by atoms with Gasteiger partial charge in [-0.15, -0.1) is 0 Å². The van der Waals surface area contributed by atoms with Gasteiger partial charge >= 0.3 is 0 Å².